The van der Waals surface area contributed by atoms with Gasteiger partial charge in [0.2, 0.25) is 6.79 Å². The molecule has 1 amide bonds. The first-order chi connectivity index (χ1) is 19.5. The summed E-state index contributed by atoms with van der Waals surface area (Å²) < 4.78 is 18.8. The lowest BCUT2D eigenvalue weighted by atomic mass is 9.98. The highest BCUT2D eigenvalue weighted by Crippen LogP contribution is 2.40. The number of fused-ring (bicyclic) bond motifs is 4. The van der Waals surface area contributed by atoms with Gasteiger partial charge in [-0.05, 0) is 48.7 Å². The van der Waals surface area contributed by atoms with Gasteiger partial charge < -0.3 is 19.1 Å². The van der Waals surface area contributed by atoms with Gasteiger partial charge in [0.25, 0.3) is 11.6 Å². The summed E-state index contributed by atoms with van der Waals surface area (Å²) in [5.74, 6) is 3.00. The smallest absolute Gasteiger partial charge is 0.270 e. The number of piperidine rings is 1. The Bertz CT molecular complexity index is 1590. The predicted octanol–water partition coefficient (Wildman–Crippen LogP) is 6.44. The highest BCUT2D eigenvalue weighted by atomic mass is 32.2. The molecule has 2 unspecified atom stereocenters. The Labute approximate surface area is 238 Å². The quantitative estimate of drug-likeness (QED) is 0.141. The normalized spacial score (nSPS) is 21.1. The molecule has 0 saturated carbocycles. The Morgan fingerprint density at radius 1 is 1.05 bits per heavy atom. The van der Waals surface area contributed by atoms with Crippen LogP contribution in [0.4, 0.5) is 5.69 Å². The molecule has 0 spiro atoms. The molecule has 0 radical (unpaired) electrons. The van der Waals surface area contributed by atoms with Crippen molar-refractivity contribution in [3.8, 4) is 17.2 Å². The van der Waals surface area contributed by atoms with Crippen molar-refractivity contribution in [3.63, 3.8) is 0 Å². The fraction of sp³-hybridized carbons (Fsp3) is 0.310. The van der Waals surface area contributed by atoms with Gasteiger partial charge in [-0.2, -0.15) is 0 Å². The largest absolute Gasteiger partial charge is 0.490 e. The van der Waals surface area contributed by atoms with Crippen LogP contribution in [0.5, 0.6) is 17.2 Å². The SMILES string of the molecule is O=C(c1ccc(CSc2nc3ccc([N+](=O)[O-])cc3s2)cc1)N1C2CCC1CC(Oc1ccc3c(c1)OCO3)C2. The first-order valence-electron chi connectivity index (χ1n) is 13.2. The molecule has 11 heteroatoms. The van der Waals surface area contributed by atoms with Crippen LogP contribution in [0, 0.1) is 10.1 Å². The molecule has 2 fully saturated rings. The van der Waals surface area contributed by atoms with Gasteiger partial charge >= 0.3 is 0 Å². The molecule has 3 aliphatic heterocycles. The molecule has 7 rings (SSSR count). The maximum Gasteiger partial charge on any atom is 0.270 e. The number of thioether (sulfide) groups is 1. The van der Waals surface area contributed by atoms with Gasteiger partial charge in [-0.15, -0.1) is 11.3 Å². The summed E-state index contributed by atoms with van der Waals surface area (Å²) in [6.07, 6.45) is 3.69. The van der Waals surface area contributed by atoms with Crippen molar-refractivity contribution >= 4 is 44.9 Å². The van der Waals surface area contributed by atoms with E-state index in [0.29, 0.717) is 17.1 Å². The molecule has 4 aromatic rings. The number of hydrogen-bond acceptors (Lipinski definition) is 9. The zero-order chi connectivity index (χ0) is 27.2. The number of aromatic nitrogens is 1. The Morgan fingerprint density at radius 2 is 1.82 bits per heavy atom. The number of nitro benzene ring substituents is 1. The molecule has 2 saturated heterocycles. The monoisotopic (exact) mass is 575 g/mol. The Hall–Kier alpha value is -3.83. The fourth-order valence-corrected chi connectivity index (χ4v) is 7.86. The van der Waals surface area contributed by atoms with Crippen molar-refractivity contribution in [2.75, 3.05) is 6.79 Å². The molecule has 3 aliphatic rings. The number of rotatable bonds is 7. The molecule has 2 bridgehead atoms. The number of ether oxygens (including phenoxy) is 3. The topological polar surface area (TPSA) is 104 Å². The van der Waals surface area contributed by atoms with Gasteiger partial charge in [-0.3, -0.25) is 14.9 Å². The van der Waals surface area contributed by atoms with E-state index in [2.05, 4.69) is 9.88 Å². The van der Waals surface area contributed by atoms with Crippen molar-refractivity contribution < 1.29 is 23.9 Å². The lowest BCUT2D eigenvalue weighted by molar-refractivity contribution is -0.384. The predicted molar refractivity (Wildman–Crippen MR) is 151 cm³/mol. The second-order valence-electron chi connectivity index (χ2n) is 10.2. The minimum Gasteiger partial charge on any atom is -0.490 e. The van der Waals surface area contributed by atoms with Crippen molar-refractivity contribution in [2.45, 2.75) is 54.0 Å². The minimum absolute atomic E-state index is 0.0648. The van der Waals surface area contributed by atoms with Gasteiger partial charge in [0.05, 0.1) is 15.1 Å². The van der Waals surface area contributed by atoms with Crippen LogP contribution >= 0.6 is 23.1 Å². The van der Waals surface area contributed by atoms with Crippen molar-refractivity contribution in [1.29, 1.82) is 0 Å². The van der Waals surface area contributed by atoms with E-state index in [1.54, 1.807) is 23.9 Å². The molecule has 40 heavy (non-hydrogen) atoms. The van der Waals surface area contributed by atoms with Crippen LogP contribution in [0.3, 0.4) is 0 Å². The molecule has 2 atom stereocenters. The van der Waals surface area contributed by atoms with E-state index in [1.807, 2.05) is 42.5 Å². The van der Waals surface area contributed by atoms with Crippen LogP contribution in [-0.4, -0.2) is 45.7 Å². The van der Waals surface area contributed by atoms with Gasteiger partial charge in [0.15, 0.2) is 15.8 Å². The van der Waals surface area contributed by atoms with E-state index in [0.717, 1.165) is 57.3 Å². The highest BCUT2D eigenvalue weighted by molar-refractivity contribution is 8.00. The number of nitrogens with zero attached hydrogens (tertiary/aromatic N) is 3. The second kappa shape index (κ2) is 10.3. The maximum absolute atomic E-state index is 13.5. The van der Waals surface area contributed by atoms with Gasteiger partial charge in [-0.1, -0.05) is 23.9 Å². The summed E-state index contributed by atoms with van der Waals surface area (Å²) >= 11 is 3.04. The second-order valence-corrected chi connectivity index (χ2v) is 12.5. The molecule has 0 aliphatic carbocycles. The third-order valence-corrected chi connectivity index (χ3v) is 9.93. The van der Waals surface area contributed by atoms with E-state index >= 15 is 0 Å². The molecular formula is C29H25N3O6S2. The van der Waals surface area contributed by atoms with E-state index in [4.69, 9.17) is 14.2 Å². The minimum atomic E-state index is -0.391. The van der Waals surface area contributed by atoms with E-state index in [-0.39, 0.29) is 36.6 Å². The van der Waals surface area contributed by atoms with Gasteiger partial charge in [0.1, 0.15) is 11.9 Å². The van der Waals surface area contributed by atoms with Crippen LogP contribution in [0.1, 0.15) is 41.6 Å². The third-order valence-electron chi connectivity index (χ3n) is 7.70. The summed E-state index contributed by atoms with van der Waals surface area (Å²) in [7, 11) is 0. The lowest BCUT2D eigenvalue weighted by Gasteiger charge is -2.39. The molecule has 0 N–H and O–H groups in total. The zero-order valence-corrected chi connectivity index (χ0v) is 23.0. The summed E-state index contributed by atoms with van der Waals surface area (Å²) in [6, 6.07) is 18.6. The van der Waals surface area contributed by atoms with Crippen molar-refractivity contribution in [2.24, 2.45) is 0 Å². The maximum atomic E-state index is 13.5. The van der Waals surface area contributed by atoms with Crippen LogP contribution in [0.2, 0.25) is 0 Å². The van der Waals surface area contributed by atoms with Crippen LogP contribution in [-0.2, 0) is 5.75 Å². The van der Waals surface area contributed by atoms with Crippen molar-refractivity contribution in [3.05, 3.63) is 81.9 Å². The van der Waals surface area contributed by atoms with Gasteiger partial charge in [0, 0.05) is 54.4 Å². The van der Waals surface area contributed by atoms with E-state index in [9.17, 15) is 14.9 Å². The Balaban J connectivity index is 0.967. The number of thiazole rings is 1. The van der Waals surface area contributed by atoms with E-state index < -0.39 is 4.92 Å². The van der Waals surface area contributed by atoms with Crippen LogP contribution in [0.15, 0.2) is 65.0 Å². The fourth-order valence-electron chi connectivity index (χ4n) is 5.80. The average Bonchev–Trinajstić information content (AvgIpc) is 3.66. The molecule has 204 valence electrons. The Kier molecular flexibility index (Phi) is 6.47. The number of amides is 1. The molecular weight excluding hydrogens is 550 g/mol. The summed E-state index contributed by atoms with van der Waals surface area (Å²) in [5, 5.41) is 11.0. The molecule has 1 aromatic heterocycles. The number of carbonyl (C=O) groups excluding carboxylic acids is 1. The number of benzene rings is 3. The number of carbonyl (C=O) groups is 1. The van der Waals surface area contributed by atoms with Gasteiger partial charge in [-0.25, -0.2) is 4.98 Å². The zero-order valence-electron chi connectivity index (χ0n) is 21.4. The third kappa shape index (κ3) is 4.84. The standard InChI is InChI=1S/C29H25N3O6S2/c33-28(31-19-5-6-20(31)12-23(11-19)38-22-8-10-25-26(14-22)37-16-36-25)18-3-1-17(2-4-18)15-39-29-30-24-9-7-21(32(34)35)13-27(24)40-29/h1-4,7-10,13-14,19-20,23H,5-6,11-12,15-16H2. The van der Waals surface area contributed by atoms with Crippen LogP contribution in [0.25, 0.3) is 10.2 Å². The first kappa shape index (κ1) is 25.2. The lowest BCUT2D eigenvalue weighted by Crippen LogP contribution is -2.49. The average molecular weight is 576 g/mol. The number of non-ortho nitro benzene ring substituents is 1. The summed E-state index contributed by atoms with van der Waals surface area (Å²) in [6.45, 7) is 0.237. The molecule has 3 aromatic carbocycles. The first-order valence-corrected chi connectivity index (χ1v) is 15.0. The highest BCUT2D eigenvalue weighted by Gasteiger charge is 2.44. The molecule has 9 nitrogen and oxygen atoms in total. The number of hydrogen-bond donors (Lipinski definition) is 0. The summed E-state index contributed by atoms with van der Waals surface area (Å²) in [4.78, 5) is 30.8. The van der Waals surface area contributed by atoms with Crippen molar-refractivity contribution in [1.82, 2.24) is 9.88 Å². The summed E-state index contributed by atoms with van der Waals surface area (Å²) in [5.41, 5.74) is 2.63. The van der Waals surface area contributed by atoms with Crippen LogP contribution < -0.4 is 14.2 Å². The Morgan fingerprint density at radius 3 is 2.60 bits per heavy atom. The van der Waals surface area contributed by atoms with E-state index in [1.165, 1.54) is 17.4 Å². The molecule has 4 heterocycles. The number of nitro groups is 1.